The van der Waals surface area contributed by atoms with Crippen molar-refractivity contribution in [2.45, 2.75) is 6.54 Å². The molecule has 0 aliphatic rings. The predicted octanol–water partition coefficient (Wildman–Crippen LogP) is 0.783. The third kappa shape index (κ3) is 2.67. The van der Waals surface area contributed by atoms with Gasteiger partial charge in [-0.05, 0) is 23.8 Å². The lowest BCUT2D eigenvalue weighted by atomic mass is 10.1. The van der Waals surface area contributed by atoms with Gasteiger partial charge < -0.3 is 11.5 Å². The lowest BCUT2D eigenvalue weighted by molar-refractivity contribution is -0.113. The van der Waals surface area contributed by atoms with E-state index >= 15 is 0 Å². The highest BCUT2D eigenvalue weighted by Crippen LogP contribution is 2.11. The molecule has 0 saturated carbocycles. The first kappa shape index (κ1) is 10.4. The fraction of sp³-hybridized carbons (Fsp3) is 0.100. The molecule has 0 saturated heterocycles. The summed E-state index contributed by atoms with van der Waals surface area (Å²) in [5.41, 5.74) is 11.4. The maximum absolute atomic E-state index is 13.1. The summed E-state index contributed by atoms with van der Waals surface area (Å²) in [5, 5.41) is 0. The first-order chi connectivity index (χ1) is 6.63. The first-order valence-corrected chi connectivity index (χ1v) is 4.09. The van der Waals surface area contributed by atoms with Crippen molar-refractivity contribution in [2.24, 2.45) is 11.5 Å². The Balaban J connectivity index is 3.00. The van der Waals surface area contributed by atoms with Crippen LogP contribution in [0.4, 0.5) is 4.39 Å². The number of amides is 1. The van der Waals surface area contributed by atoms with Crippen molar-refractivity contribution in [2.75, 3.05) is 0 Å². The number of carbonyl (C=O) groups excluding carboxylic acids is 1. The van der Waals surface area contributed by atoms with Crippen LogP contribution < -0.4 is 11.5 Å². The Morgan fingerprint density at radius 2 is 2.21 bits per heavy atom. The highest BCUT2D eigenvalue weighted by molar-refractivity contribution is 5.90. The molecule has 1 aromatic carbocycles. The molecule has 1 aromatic rings. The van der Waals surface area contributed by atoms with E-state index in [0.29, 0.717) is 12.1 Å². The summed E-state index contributed by atoms with van der Waals surface area (Å²) in [4.78, 5) is 10.4. The quantitative estimate of drug-likeness (QED) is 0.698. The van der Waals surface area contributed by atoms with Gasteiger partial charge in [0.1, 0.15) is 5.82 Å². The van der Waals surface area contributed by atoms with Crippen LogP contribution in [0.5, 0.6) is 0 Å². The van der Waals surface area contributed by atoms with E-state index in [9.17, 15) is 9.18 Å². The number of rotatable bonds is 3. The summed E-state index contributed by atoms with van der Waals surface area (Å²) in [5.74, 6) is -1.01. The van der Waals surface area contributed by atoms with Crippen LogP contribution in [-0.2, 0) is 11.3 Å². The van der Waals surface area contributed by atoms with E-state index in [1.165, 1.54) is 12.1 Å². The van der Waals surface area contributed by atoms with Crippen molar-refractivity contribution in [1.29, 1.82) is 0 Å². The van der Waals surface area contributed by atoms with Gasteiger partial charge in [0, 0.05) is 18.2 Å². The molecule has 0 radical (unpaired) electrons. The van der Waals surface area contributed by atoms with Gasteiger partial charge in [-0.1, -0.05) is 6.07 Å². The Hall–Kier alpha value is -1.68. The van der Waals surface area contributed by atoms with E-state index in [4.69, 9.17) is 11.5 Å². The van der Waals surface area contributed by atoms with Crippen molar-refractivity contribution in [3.8, 4) is 0 Å². The molecule has 3 nitrogen and oxygen atoms in total. The minimum atomic E-state index is -0.609. The van der Waals surface area contributed by atoms with E-state index < -0.39 is 11.7 Å². The summed E-state index contributed by atoms with van der Waals surface area (Å²) < 4.78 is 13.1. The number of carbonyl (C=O) groups is 1. The molecule has 0 heterocycles. The summed E-state index contributed by atoms with van der Waals surface area (Å²) >= 11 is 0. The average molecular weight is 194 g/mol. The number of primary amides is 1. The van der Waals surface area contributed by atoms with Crippen LogP contribution in [0.3, 0.4) is 0 Å². The predicted molar refractivity (Wildman–Crippen MR) is 52.5 cm³/mol. The van der Waals surface area contributed by atoms with Gasteiger partial charge in [-0.3, -0.25) is 4.79 Å². The zero-order valence-electron chi connectivity index (χ0n) is 7.53. The van der Waals surface area contributed by atoms with Crippen LogP contribution in [-0.4, -0.2) is 5.91 Å². The summed E-state index contributed by atoms with van der Waals surface area (Å²) in [6, 6.07) is 4.48. The molecule has 0 fully saturated rings. The minimum absolute atomic E-state index is 0.312. The van der Waals surface area contributed by atoms with Crippen LogP contribution in [0.25, 0.3) is 6.08 Å². The number of halogens is 1. The minimum Gasteiger partial charge on any atom is -0.366 e. The topological polar surface area (TPSA) is 69.1 Å². The molecular formula is C10H11FN2O. The lowest BCUT2D eigenvalue weighted by Crippen LogP contribution is -2.05. The zero-order chi connectivity index (χ0) is 10.6. The fourth-order valence-electron chi connectivity index (χ4n) is 1.02. The van der Waals surface area contributed by atoms with Gasteiger partial charge in [-0.2, -0.15) is 0 Å². The van der Waals surface area contributed by atoms with Gasteiger partial charge in [0.15, 0.2) is 0 Å². The molecule has 0 aromatic heterocycles. The fourth-order valence-corrected chi connectivity index (χ4v) is 1.02. The molecule has 0 bridgehead atoms. The van der Waals surface area contributed by atoms with Crippen LogP contribution in [0.1, 0.15) is 11.1 Å². The maximum atomic E-state index is 13.1. The number of benzene rings is 1. The average Bonchev–Trinajstić information content (AvgIpc) is 2.16. The van der Waals surface area contributed by atoms with Gasteiger partial charge in [0.25, 0.3) is 0 Å². The Kier molecular flexibility index (Phi) is 3.36. The monoisotopic (exact) mass is 194 g/mol. The third-order valence-electron chi connectivity index (χ3n) is 1.72. The standard InChI is InChI=1S/C10H11FN2O/c11-9-3-1-7(6-12)5-8(9)2-4-10(13)14/h1-5H,6,12H2,(H2,13,14). The zero-order valence-corrected chi connectivity index (χ0v) is 7.53. The highest BCUT2D eigenvalue weighted by atomic mass is 19.1. The molecule has 1 amide bonds. The van der Waals surface area contributed by atoms with Crippen LogP contribution in [0.2, 0.25) is 0 Å². The molecule has 4 N–H and O–H groups in total. The van der Waals surface area contributed by atoms with E-state index in [1.807, 2.05) is 0 Å². The molecule has 0 atom stereocenters. The molecule has 0 spiro atoms. The Morgan fingerprint density at radius 3 is 2.79 bits per heavy atom. The van der Waals surface area contributed by atoms with Crippen molar-refractivity contribution < 1.29 is 9.18 Å². The molecule has 14 heavy (non-hydrogen) atoms. The molecule has 0 unspecified atom stereocenters. The first-order valence-electron chi connectivity index (χ1n) is 4.09. The van der Waals surface area contributed by atoms with Crippen molar-refractivity contribution in [3.05, 3.63) is 41.2 Å². The van der Waals surface area contributed by atoms with Crippen LogP contribution in [0, 0.1) is 5.82 Å². The molecule has 74 valence electrons. The second-order valence-corrected chi connectivity index (χ2v) is 2.80. The highest BCUT2D eigenvalue weighted by Gasteiger charge is 1.99. The molecular weight excluding hydrogens is 183 g/mol. The Labute approximate surface area is 81.2 Å². The Morgan fingerprint density at radius 1 is 1.50 bits per heavy atom. The largest absolute Gasteiger partial charge is 0.366 e. The number of nitrogens with two attached hydrogens (primary N) is 2. The second kappa shape index (κ2) is 4.53. The van der Waals surface area contributed by atoms with E-state index in [0.717, 1.165) is 11.6 Å². The normalized spacial score (nSPS) is 10.7. The van der Waals surface area contributed by atoms with Crippen molar-refractivity contribution >= 4 is 12.0 Å². The van der Waals surface area contributed by atoms with E-state index in [1.54, 1.807) is 12.1 Å². The molecule has 1 rings (SSSR count). The smallest absolute Gasteiger partial charge is 0.241 e. The summed E-state index contributed by atoms with van der Waals surface area (Å²) in [7, 11) is 0. The van der Waals surface area contributed by atoms with Gasteiger partial charge in [0.05, 0.1) is 0 Å². The van der Waals surface area contributed by atoms with Crippen LogP contribution >= 0.6 is 0 Å². The van der Waals surface area contributed by atoms with Crippen molar-refractivity contribution in [3.63, 3.8) is 0 Å². The van der Waals surface area contributed by atoms with Gasteiger partial charge in [0.2, 0.25) is 5.91 Å². The van der Waals surface area contributed by atoms with Crippen LogP contribution in [0.15, 0.2) is 24.3 Å². The van der Waals surface area contributed by atoms with E-state index in [-0.39, 0.29) is 0 Å². The maximum Gasteiger partial charge on any atom is 0.241 e. The molecule has 0 aliphatic carbocycles. The third-order valence-corrected chi connectivity index (χ3v) is 1.72. The summed E-state index contributed by atoms with van der Waals surface area (Å²) in [6.45, 7) is 0.331. The number of hydrogen-bond acceptors (Lipinski definition) is 2. The van der Waals surface area contributed by atoms with Crippen molar-refractivity contribution in [1.82, 2.24) is 0 Å². The molecule has 4 heteroatoms. The van der Waals surface area contributed by atoms with Gasteiger partial charge in [-0.15, -0.1) is 0 Å². The SMILES string of the molecule is NCc1ccc(F)c(C=CC(N)=O)c1. The summed E-state index contributed by atoms with van der Waals surface area (Å²) in [6.07, 6.45) is 2.44. The van der Waals surface area contributed by atoms with Gasteiger partial charge in [-0.25, -0.2) is 4.39 Å². The number of hydrogen-bond donors (Lipinski definition) is 2. The lowest BCUT2D eigenvalue weighted by Gasteiger charge is -2.00. The molecule has 0 aliphatic heterocycles. The van der Waals surface area contributed by atoms with E-state index in [2.05, 4.69) is 0 Å². The Bertz CT molecular complexity index is 374. The van der Waals surface area contributed by atoms with Gasteiger partial charge >= 0.3 is 0 Å². The second-order valence-electron chi connectivity index (χ2n) is 2.80.